The zero-order valence-corrected chi connectivity index (χ0v) is 16.3. The van der Waals surface area contributed by atoms with Crippen molar-refractivity contribution in [2.75, 3.05) is 18.1 Å². The Morgan fingerprint density at radius 2 is 2.00 bits per heavy atom. The molecule has 0 aliphatic carbocycles. The van der Waals surface area contributed by atoms with E-state index in [4.69, 9.17) is 0 Å². The third kappa shape index (κ3) is 4.22. The van der Waals surface area contributed by atoms with Crippen LogP contribution >= 0.6 is 0 Å². The van der Waals surface area contributed by atoms with Gasteiger partial charge in [0.2, 0.25) is 0 Å². The van der Waals surface area contributed by atoms with Crippen molar-refractivity contribution in [2.45, 2.75) is 18.8 Å². The molecule has 0 saturated carbocycles. The van der Waals surface area contributed by atoms with Crippen molar-refractivity contribution in [1.82, 2.24) is 34.9 Å². The van der Waals surface area contributed by atoms with Gasteiger partial charge in [0.15, 0.2) is 5.82 Å². The zero-order valence-electron chi connectivity index (χ0n) is 15.5. The van der Waals surface area contributed by atoms with E-state index in [1.807, 2.05) is 13.2 Å². The van der Waals surface area contributed by atoms with Gasteiger partial charge in [0.05, 0.1) is 24.0 Å². The minimum absolute atomic E-state index is 0.101. The molecule has 0 N–H and O–H groups in total. The predicted octanol–water partition coefficient (Wildman–Crippen LogP) is 1.72. The molecule has 2 atom stereocenters. The molecule has 0 bridgehead atoms. The summed E-state index contributed by atoms with van der Waals surface area (Å²) < 4.78 is 53.6. The molecule has 12 heteroatoms. The molecule has 0 amide bonds. The van der Waals surface area contributed by atoms with Gasteiger partial charge in [-0.05, 0) is 34.7 Å². The van der Waals surface area contributed by atoms with Crippen molar-refractivity contribution >= 4 is 10.8 Å². The van der Waals surface area contributed by atoms with Crippen LogP contribution in [-0.2, 0) is 30.6 Å². The van der Waals surface area contributed by atoms with E-state index in [1.165, 1.54) is 16.8 Å². The number of benzene rings is 1. The van der Waals surface area contributed by atoms with Gasteiger partial charge in [0, 0.05) is 53.7 Å². The SMILES string of the molecule is Cn1cc([C@H]2C[S@](=O)CCN2Cc2nnnn2-c2ccc(C(F)(F)F)cc2)cn1. The second kappa shape index (κ2) is 7.67. The van der Waals surface area contributed by atoms with Gasteiger partial charge in [-0.25, -0.2) is 0 Å². The quantitative estimate of drug-likeness (QED) is 0.633. The Morgan fingerprint density at radius 3 is 2.66 bits per heavy atom. The molecule has 154 valence electrons. The normalized spacial score (nSPS) is 20.8. The van der Waals surface area contributed by atoms with E-state index in [2.05, 4.69) is 25.5 Å². The van der Waals surface area contributed by atoms with E-state index < -0.39 is 22.5 Å². The first-order chi connectivity index (χ1) is 13.8. The fourth-order valence-electron chi connectivity index (χ4n) is 3.33. The van der Waals surface area contributed by atoms with Gasteiger partial charge >= 0.3 is 6.18 Å². The van der Waals surface area contributed by atoms with Crippen molar-refractivity contribution in [1.29, 1.82) is 0 Å². The van der Waals surface area contributed by atoms with Gasteiger partial charge in [-0.2, -0.15) is 23.0 Å². The van der Waals surface area contributed by atoms with Crippen LogP contribution in [-0.4, -0.2) is 57.1 Å². The van der Waals surface area contributed by atoms with Gasteiger partial charge in [-0.3, -0.25) is 13.8 Å². The highest BCUT2D eigenvalue weighted by molar-refractivity contribution is 7.85. The summed E-state index contributed by atoms with van der Waals surface area (Å²) in [7, 11) is 0.891. The first-order valence-electron chi connectivity index (χ1n) is 8.84. The summed E-state index contributed by atoms with van der Waals surface area (Å²) in [5.41, 5.74) is 0.664. The van der Waals surface area contributed by atoms with Crippen LogP contribution < -0.4 is 0 Å². The van der Waals surface area contributed by atoms with Crippen LogP contribution in [0.3, 0.4) is 0 Å². The second-order valence-electron chi connectivity index (χ2n) is 6.80. The Hall–Kier alpha value is -2.60. The summed E-state index contributed by atoms with van der Waals surface area (Å²) in [6, 6.07) is 4.59. The molecule has 1 aromatic carbocycles. The Kier molecular flexibility index (Phi) is 5.21. The maximum atomic E-state index is 12.8. The maximum absolute atomic E-state index is 12.8. The van der Waals surface area contributed by atoms with Gasteiger partial charge < -0.3 is 0 Å². The summed E-state index contributed by atoms with van der Waals surface area (Å²) in [6.07, 6.45) is -0.763. The molecule has 1 fully saturated rings. The molecule has 2 aromatic heterocycles. The highest BCUT2D eigenvalue weighted by atomic mass is 32.2. The van der Waals surface area contributed by atoms with Gasteiger partial charge in [0.25, 0.3) is 0 Å². The number of nitrogens with zero attached hydrogens (tertiary/aromatic N) is 7. The zero-order chi connectivity index (χ0) is 20.6. The number of hydrogen-bond acceptors (Lipinski definition) is 6. The molecule has 0 unspecified atom stereocenters. The number of tetrazole rings is 1. The average Bonchev–Trinajstić information content (AvgIpc) is 3.31. The van der Waals surface area contributed by atoms with Gasteiger partial charge in [-0.15, -0.1) is 5.10 Å². The van der Waals surface area contributed by atoms with Crippen molar-refractivity contribution in [3.8, 4) is 5.69 Å². The Labute approximate surface area is 166 Å². The number of rotatable bonds is 4. The van der Waals surface area contributed by atoms with Crippen LogP contribution in [0.25, 0.3) is 5.69 Å². The van der Waals surface area contributed by atoms with Gasteiger partial charge in [0.1, 0.15) is 0 Å². The monoisotopic (exact) mass is 425 g/mol. The number of halogens is 3. The minimum atomic E-state index is -4.40. The predicted molar refractivity (Wildman–Crippen MR) is 98.4 cm³/mol. The fraction of sp³-hybridized carbons (Fsp3) is 0.412. The summed E-state index contributed by atoms with van der Waals surface area (Å²) in [6.45, 7) is 0.955. The maximum Gasteiger partial charge on any atom is 0.416 e. The lowest BCUT2D eigenvalue weighted by atomic mass is 10.1. The topological polar surface area (TPSA) is 81.7 Å². The Balaban J connectivity index is 1.58. The van der Waals surface area contributed by atoms with E-state index in [0.29, 0.717) is 36.1 Å². The lowest BCUT2D eigenvalue weighted by Crippen LogP contribution is -2.40. The molecule has 4 rings (SSSR count). The molecular formula is C17H18F3N7OS. The number of aryl methyl sites for hydroxylation is 1. The van der Waals surface area contributed by atoms with E-state index in [-0.39, 0.29) is 6.04 Å². The average molecular weight is 425 g/mol. The molecule has 3 heterocycles. The number of hydrogen-bond donors (Lipinski definition) is 0. The first kappa shape index (κ1) is 19.7. The summed E-state index contributed by atoms with van der Waals surface area (Å²) in [4.78, 5) is 2.12. The first-order valence-corrected chi connectivity index (χ1v) is 10.3. The summed E-state index contributed by atoms with van der Waals surface area (Å²) in [5, 5.41) is 15.9. The molecule has 1 aliphatic heterocycles. The van der Waals surface area contributed by atoms with E-state index in [1.54, 1.807) is 10.9 Å². The molecule has 1 saturated heterocycles. The third-order valence-corrected chi connectivity index (χ3v) is 6.14. The molecular weight excluding hydrogens is 407 g/mol. The molecule has 0 radical (unpaired) electrons. The molecule has 29 heavy (non-hydrogen) atoms. The van der Waals surface area contributed by atoms with Crippen LogP contribution in [0.5, 0.6) is 0 Å². The van der Waals surface area contributed by atoms with Crippen LogP contribution in [0.4, 0.5) is 13.2 Å². The summed E-state index contributed by atoms with van der Waals surface area (Å²) in [5.74, 6) is 1.51. The molecule has 1 aliphatic rings. The van der Waals surface area contributed by atoms with Crippen molar-refractivity contribution in [2.24, 2.45) is 7.05 Å². The third-order valence-electron chi connectivity index (χ3n) is 4.82. The van der Waals surface area contributed by atoms with Crippen molar-refractivity contribution in [3.63, 3.8) is 0 Å². The fourth-order valence-corrected chi connectivity index (χ4v) is 4.69. The highest BCUT2D eigenvalue weighted by Gasteiger charge is 2.31. The van der Waals surface area contributed by atoms with Gasteiger partial charge in [-0.1, -0.05) is 0 Å². The van der Waals surface area contributed by atoms with Crippen LogP contribution in [0, 0.1) is 0 Å². The molecule has 0 spiro atoms. The number of aromatic nitrogens is 6. The smallest absolute Gasteiger partial charge is 0.287 e. The summed E-state index contributed by atoms with van der Waals surface area (Å²) >= 11 is 0. The van der Waals surface area contributed by atoms with E-state index >= 15 is 0 Å². The van der Waals surface area contributed by atoms with Crippen LogP contribution in [0.1, 0.15) is 23.0 Å². The highest BCUT2D eigenvalue weighted by Crippen LogP contribution is 2.30. The lowest BCUT2D eigenvalue weighted by molar-refractivity contribution is -0.137. The second-order valence-corrected chi connectivity index (χ2v) is 8.42. The lowest BCUT2D eigenvalue weighted by Gasteiger charge is -2.34. The van der Waals surface area contributed by atoms with Crippen molar-refractivity contribution < 1.29 is 17.4 Å². The van der Waals surface area contributed by atoms with Crippen LogP contribution in [0.15, 0.2) is 36.7 Å². The number of alkyl halides is 3. The molecule has 8 nitrogen and oxygen atoms in total. The van der Waals surface area contributed by atoms with Crippen molar-refractivity contribution in [3.05, 3.63) is 53.6 Å². The Morgan fingerprint density at radius 1 is 1.24 bits per heavy atom. The Bertz CT molecular complexity index is 1010. The largest absolute Gasteiger partial charge is 0.416 e. The minimum Gasteiger partial charge on any atom is -0.287 e. The standard InChI is InChI=1S/C17H18F3N7OS/c1-25-9-12(8-21-25)15-11-29(28)7-6-26(15)10-16-22-23-24-27(16)14-4-2-13(3-5-14)17(18,19)20/h2-5,8-9,15H,6-7,10-11H2,1H3/t15-,29-/m1/s1. The van der Waals surface area contributed by atoms with E-state index in [9.17, 15) is 17.4 Å². The van der Waals surface area contributed by atoms with E-state index in [0.717, 1.165) is 17.7 Å². The molecule has 3 aromatic rings. The van der Waals surface area contributed by atoms with Crippen LogP contribution in [0.2, 0.25) is 0 Å².